The Bertz CT molecular complexity index is 235. The van der Waals surface area contributed by atoms with Crippen LogP contribution in [0.5, 0.6) is 0 Å². The van der Waals surface area contributed by atoms with Gasteiger partial charge in [-0.1, -0.05) is 11.9 Å². The van der Waals surface area contributed by atoms with Gasteiger partial charge in [0.25, 0.3) is 0 Å². The van der Waals surface area contributed by atoms with Crippen molar-refractivity contribution in [2.75, 3.05) is 32.1 Å². The van der Waals surface area contributed by atoms with E-state index in [9.17, 15) is 4.79 Å². The van der Waals surface area contributed by atoms with Gasteiger partial charge in [-0.25, -0.2) is 4.79 Å². The monoisotopic (exact) mass is 247 g/mol. The van der Waals surface area contributed by atoms with Crippen LogP contribution in [0.2, 0.25) is 0 Å². The minimum Gasteiger partial charge on any atom is -0.444 e. The number of carbonyl (C=O) groups excluding carboxylic acids is 1. The molecule has 1 heterocycles. The molecule has 1 amide bonds. The minimum absolute atomic E-state index is 0.215. The first kappa shape index (κ1) is 13.6. The molecule has 16 heavy (non-hydrogen) atoms. The van der Waals surface area contributed by atoms with Crippen LogP contribution < -0.4 is 5.14 Å². The number of piperazine rings is 1. The normalized spacial score (nSPS) is 18.6. The number of hydrogen-bond acceptors (Lipinski definition) is 5. The van der Waals surface area contributed by atoms with Crippen LogP contribution in [0.25, 0.3) is 0 Å². The highest BCUT2D eigenvalue weighted by molar-refractivity contribution is 7.97. The molecule has 0 unspecified atom stereocenters. The van der Waals surface area contributed by atoms with Gasteiger partial charge in [-0.05, 0) is 20.8 Å². The third-order valence-electron chi connectivity index (χ3n) is 2.28. The Labute approximate surface area is 101 Å². The van der Waals surface area contributed by atoms with Crippen LogP contribution >= 0.6 is 11.9 Å². The molecular weight excluding hydrogens is 226 g/mol. The molecule has 0 atom stereocenters. The average Bonchev–Trinajstić information content (AvgIpc) is 2.16. The molecule has 0 aromatic heterocycles. The summed E-state index contributed by atoms with van der Waals surface area (Å²) < 4.78 is 5.31. The molecule has 5 nitrogen and oxygen atoms in total. The second kappa shape index (κ2) is 5.75. The van der Waals surface area contributed by atoms with Gasteiger partial charge in [-0.15, -0.1) is 0 Å². The lowest BCUT2D eigenvalue weighted by Gasteiger charge is -2.35. The van der Waals surface area contributed by atoms with Crippen LogP contribution in [-0.2, 0) is 4.74 Å². The zero-order valence-corrected chi connectivity index (χ0v) is 11.0. The van der Waals surface area contributed by atoms with Crippen LogP contribution in [0.15, 0.2) is 0 Å². The van der Waals surface area contributed by atoms with E-state index < -0.39 is 5.60 Å². The summed E-state index contributed by atoms with van der Waals surface area (Å²) in [4.78, 5) is 15.7. The maximum Gasteiger partial charge on any atom is 0.410 e. The van der Waals surface area contributed by atoms with E-state index in [2.05, 4.69) is 4.90 Å². The summed E-state index contributed by atoms with van der Waals surface area (Å²) in [5.41, 5.74) is -0.415. The number of carbonyl (C=O) groups is 1. The molecule has 0 spiro atoms. The molecule has 0 aromatic carbocycles. The molecular formula is C10H21N3O2S. The Kier molecular flexibility index (Phi) is 4.89. The molecule has 0 aliphatic carbocycles. The van der Waals surface area contributed by atoms with Crippen molar-refractivity contribution in [1.82, 2.24) is 9.80 Å². The van der Waals surface area contributed by atoms with Crippen LogP contribution in [0.3, 0.4) is 0 Å². The summed E-state index contributed by atoms with van der Waals surface area (Å²) in [6.07, 6.45) is -0.215. The first-order chi connectivity index (χ1) is 7.42. The van der Waals surface area contributed by atoms with E-state index in [-0.39, 0.29) is 6.09 Å². The summed E-state index contributed by atoms with van der Waals surface area (Å²) >= 11 is 1.32. The molecule has 0 bridgehead atoms. The predicted octanol–water partition coefficient (Wildman–Crippen LogP) is 1.10. The first-order valence-corrected chi connectivity index (χ1v) is 6.49. The van der Waals surface area contributed by atoms with Crippen LogP contribution in [-0.4, -0.2) is 53.5 Å². The van der Waals surface area contributed by atoms with Gasteiger partial charge in [-0.2, -0.15) is 0 Å². The van der Waals surface area contributed by atoms with E-state index in [4.69, 9.17) is 9.88 Å². The van der Waals surface area contributed by atoms with Crippen molar-refractivity contribution in [3.63, 3.8) is 0 Å². The maximum atomic E-state index is 11.7. The van der Waals surface area contributed by atoms with Gasteiger partial charge in [0, 0.05) is 26.2 Å². The quantitative estimate of drug-likeness (QED) is 0.741. The number of ether oxygens (including phenoxy) is 1. The molecule has 6 heteroatoms. The van der Waals surface area contributed by atoms with Gasteiger partial charge in [0.15, 0.2) is 0 Å². The lowest BCUT2D eigenvalue weighted by Crippen LogP contribution is -2.49. The Hall–Kier alpha value is -0.460. The van der Waals surface area contributed by atoms with E-state index >= 15 is 0 Å². The van der Waals surface area contributed by atoms with Crippen LogP contribution in [0.1, 0.15) is 20.8 Å². The first-order valence-electron chi connectivity index (χ1n) is 5.44. The molecule has 0 aromatic rings. The smallest absolute Gasteiger partial charge is 0.410 e. The lowest BCUT2D eigenvalue weighted by atomic mass is 10.2. The van der Waals surface area contributed by atoms with Gasteiger partial charge in [-0.3, -0.25) is 10.0 Å². The summed E-state index contributed by atoms with van der Waals surface area (Å²) in [5, 5.41) is 5.41. The molecule has 1 aliphatic heterocycles. The molecule has 1 saturated heterocycles. The lowest BCUT2D eigenvalue weighted by molar-refractivity contribution is 0.0160. The Morgan fingerprint density at radius 3 is 2.31 bits per heavy atom. The van der Waals surface area contributed by atoms with Gasteiger partial charge in [0.1, 0.15) is 5.60 Å². The highest BCUT2D eigenvalue weighted by atomic mass is 32.2. The largest absolute Gasteiger partial charge is 0.444 e. The zero-order chi connectivity index (χ0) is 12.2. The summed E-state index contributed by atoms with van der Waals surface area (Å²) in [6.45, 7) is 8.81. The van der Waals surface area contributed by atoms with E-state index in [1.807, 2.05) is 20.8 Å². The zero-order valence-electron chi connectivity index (χ0n) is 10.2. The molecule has 0 radical (unpaired) electrons. The van der Waals surface area contributed by atoms with E-state index in [1.165, 1.54) is 11.9 Å². The van der Waals surface area contributed by atoms with Gasteiger partial charge in [0.2, 0.25) is 0 Å². The van der Waals surface area contributed by atoms with Gasteiger partial charge < -0.3 is 9.64 Å². The van der Waals surface area contributed by atoms with Crippen LogP contribution in [0.4, 0.5) is 4.79 Å². The molecule has 2 N–H and O–H groups in total. The second-order valence-corrected chi connectivity index (χ2v) is 5.47. The molecule has 1 rings (SSSR count). The molecule has 1 fully saturated rings. The molecule has 0 saturated carbocycles. The van der Waals surface area contributed by atoms with Crippen molar-refractivity contribution >= 4 is 18.0 Å². The van der Waals surface area contributed by atoms with Crippen molar-refractivity contribution < 1.29 is 9.53 Å². The third kappa shape index (κ3) is 4.59. The fourth-order valence-corrected chi connectivity index (χ4v) is 1.96. The number of rotatable bonds is 2. The fourth-order valence-electron chi connectivity index (χ4n) is 1.49. The summed E-state index contributed by atoms with van der Waals surface area (Å²) in [7, 11) is 0. The van der Waals surface area contributed by atoms with E-state index in [1.54, 1.807) is 4.90 Å². The van der Waals surface area contributed by atoms with Crippen molar-refractivity contribution in [3.05, 3.63) is 0 Å². The predicted molar refractivity (Wildman–Crippen MR) is 66.0 cm³/mol. The van der Waals surface area contributed by atoms with Gasteiger partial charge in [0.05, 0.1) is 5.88 Å². The number of nitrogens with two attached hydrogens (primary N) is 1. The highest BCUT2D eigenvalue weighted by Gasteiger charge is 2.25. The van der Waals surface area contributed by atoms with E-state index in [0.717, 1.165) is 32.1 Å². The van der Waals surface area contributed by atoms with Crippen molar-refractivity contribution in [3.8, 4) is 0 Å². The van der Waals surface area contributed by atoms with Crippen LogP contribution in [0, 0.1) is 0 Å². The fraction of sp³-hybridized carbons (Fsp3) is 0.900. The Morgan fingerprint density at radius 1 is 1.31 bits per heavy atom. The molecule has 1 aliphatic rings. The SMILES string of the molecule is CC(C)(C)OC(=O)N1CCN(CSN)CC1. The maximum absolute atomic E-state index is 11.7. The Morgan fingerprint density at radius 2 is 1.88 bits per heavy atom. The summed E-state index contributed by atoms with van der Waals surface area (Å²) in [5.74, 6) is 0.822. The average molecular weight is 247 g/mol. The van der Waals surface area contributed by atoms with E-state index in [0.29, 0.717) is 0 Å². The number of nitrogens with zero attached hydrogens (tertiary/aromatic N) is 2. The van der Waals surface area contributed by atoms with Crippen molar-refractivity contribution in [2.24, 2.45) is 5.14 Å². The Balaban J connectivity index is 2.33. The topological polar surface area (TPSA) is 58.8 Å². The standard InChI is InChI=1S/C10H21N3O2S/c1-10(2,3)15-9(14)13-6-4-12(5-7-13)8-16-11/h4-8,11H2,1-3H3. The minimum atomic E-state index is -0.415. The van der Waals surface area contributed by atoms with Crippen molar-refractivity contribution in [1.29, 1.82) is 0 Å². The third-order valence-corrected chi connectivity index (χ3v) is 2.80. The summed E-state index contributed by atoms with van der Waals surface area (Å²) in [6, 6.07) is 0. The molecule has 94 valence electrons. The van der Waals surface area contributed by atoms with Gasteiger partial charge >= 0.3 is 6.09 Å². The highest BCUT2D eigenvalue weighted by Crippen LogP contribution is 2.12. The number of amides is 1. The second-order valence-electron chi connectivity index (χ2n) is 4.88. The van der Waals surface area contributed by atoms with Crippen molar-refractivity contribution in [2.45, 2.75) is 26.4 Å². The number of hydrogen-bond donors (Lipinski definition) is 1.